The minimum Gasteiger partial charge on any atom is -0.390 e. The van der Waals surface area contributed by atoms with Crippen molar-refractivity contribution in [3.8, 4) is 0 Å². The van der Waals surface area contributed by atoms with Gasteiger partial charge in [0.25, 0.3) is 0 Å². The van der Waals surface area contributed by atoms with Crippen molar-refractivity contribution in [3.63, 3.8) is 0 Å². The second-order valence-corrected chi connectivity index (χ2v) is 6.82. The van der Waals surface area contributed by atoms with Crippen molar-refractivity contribution >= 4 is 11.8 Å². The van der Waals surface area contributed by atoms with Gasteiger partial charge in [-0.25, -0.2) is 0 Å². The number of hydrogen-bond donors (Lipinski definition) is 2. The lowest BCUT2D eigenvalue weighted by Gasteiger charge is -2.16. The Bertz CT molecular complexity index is 341. The average Bonchev–Trinajstić information content (AvgIpc) is 2.26. The summed E-state index contributed by atoms with van der Waals surface area (Å²) in [5.41, 5.74) is 0.700. The van der Waals surface area contributed by atoms with Crippen LogP contribution in [0.2, 0.25) is 0 Å². The van der Waals surface area contributed by atoms with Crippen molar-refractivity contribution in [3.05, 3.63) is 29.8 Å². The van der Waals surface area contributed by atoms with Gasteiger partial charge < -0.3 is 10.4 Å². The van der Waals surface area contributed by atoms with Crippen molar-refractivity contribution in [2.24, 2.45) is 5.92 Å². The van der Waals surface area contributed by atoms with Gasteiger partial charge in [0.1, 0.15) is 0 Å². The van der Waals surface area contributed by atoms with Crippen molar-refractivity contribution < 1.29 is 5.11 Å². The van der Waals surface area contributed by atoms with Crippen LogP contribution in [0.25, 0.3) is 0 Å². The molecule has 3 heteroatoms. The summed E-state index contributed by atoms with van der Waals surface area (Å²) >= 11 is 1.69. The molecule has 0 aliphatic heterocycles. The van der Waals surface area contributed by atoms with Crippen molar-refractivity contribution in [2.75, 3.05) is 12.3 Å². The largest absolute Gasteiger partial charge is 0.390 e. The molecule has 0 fully saturated rings. The lowest BCUT2D eigenvalue weighted by atomic mass is 10.2. The summed E-state index contributed by atoms with van der Waals surface area (Å²) in [6.07, 6.45) is 0. The van der Waals surface area contributed by atoms with E-state index in [1.807, 2.05) is 13.8 Å². The number of thioether (sulfide) groups is 1. The fraction of sp³-hybridized carbons (Fsp3) is 0.600. The van der Waals surface area contributed by atoms with Gasteiger partial charge in [0.15, 0.2) is 0 Å². The highest BCUT2D eigenvalue weighted by Gasteiger charge is 2.12. The fourth-order valence-electron chi connectivity index (χ4n) is 1.47. The zero-order valence-electron chi connectivity index (χ0n) is 11.9. The number of nitrogens with one attached hydrogen (secondary N) is 1. The van der Waals surface area contributed by atoms with Gasteiger partial charge in [0.2, 0.25) is 0 Å². The van der Waals surface area contributed by atoms with E-state index < -0.39 is 5.60 Å². The third kappa shape index (κ3) is 7.04. The van der Waals surface area contributed by atoms with Crippen molar-refractivity contribution in [1.29, 1.82) is 0 Å². The molecule has 0 amide bonds. The van der Waals surface area contributed by atoms with E-state index in [0.29, 0.717) is 5.92 Å². The molecule has 0 aliphatic carbocycles. The van der Waals surface area contributed by atoms with Crippen LogP contribution in [0, 0.1) is 5.92 Å². The molecule has 0 saturated carbocycles. The summed E-state index contributed by atoms with van der Waals surface area (Å²) in [7, 11) is 0. The van der Waals surface area contributed by atoms with Crippen molar-refractivity contribution in [2.45, 2.75) is 44.7 Å². The Morgan fingerprint density at radius 3 is 2.33 bits per heavy atom. The highest BCUT2D eigenvalue weighted by molar-refractivity contribution is 7.99. The third-order valence-corrected chi connectivity index (χ3v) is 3.85. The second kappa shape index (κ2) is 7.17. The highest BCUT2D eigenvalue weighted by atomic mass is 32.2. The highest BCUT2D eigenvalue weighted by Crippen LogP contribution is 2.22. The van der Waals surface area contributed by atoms with Gasteiger partial charge in [-0.2, -0.15) is 0 Å². The van der Waals surface area contributed by atoms with Gasteiger partial charge in [0, 0.05) is 17.2 Å². The Balaban J connectivity index is 2.38. The first kappa shape index (κ1) is 15.5. The Morgan fingerprint density at radius 2 is 1.83 bits per heavy atom. The fourth-order valence-corrected chi connectivity index (χ4v) is 2.32. The number of hydrogen-bond acceptors (Lipinski definition) is 3. The van der Waals surface area contributed by atoms with Crippen LogP contribution in [0.5, 0.6) is 0 Å². The maximum atomic E-state index is 9.67. The summed E-state index contributed by atoms with van der Waals surface area (Å²) in [6, 6.07) is 8.56. The molecule has 0 aliphatic rings. The van der Waals surface area contributed by atoms with Crippen LogP contribution in [0.1, 0.15) is 33.3 Å². The van der Waals surface area contributed by atoms with Crippen LogP contribution in [0.15, 0.2) is 29.2 Å². The van der Waals surface area contributed by atoms with E-state index in [4.69, 9.17) is 0 Å². The monoisotopic (exact) mass is 267 g/mol. The van der Waals surface area contributed by atoms with E-state index in [1.54, 1.807) is 11.8 Å². The minimum atomic E-state index is -0.609. The molecular formula is C15H25NOS. The van der Waals surface area contributed by atoms with Gasteiger partial charge >= 0.3 is 0 Å². The molecule has 0 atom stereocenters. The van der Waals surface area contributed by atoms with Crippen LogP contribution in [0.4, 0.5) is 0 Å². The van der Waals surface area contributed by atoms with Crippen molar-refractivity contribution in [1.82, 2.24) is 5.32 Å². The lowest BCUT2D eigenvalue weighted by molar-refractivity contribution is 0.107. The summed E-state index contributed by atoms with van der Waals surface area (Å²) < 4.78 is 0. The van der Waals surface area contributed by atoms with Gasteiger partial charge in [-0.3, -0.25) is 0 Å². The predicted octanol–water partition coefficient (Wildman–Crippen LogP) is 3.30. The molecule has 1 aromatic rings. The predicted molar refractivity (Wildman–Crippen MR) is 80.0 cm³/mol. The zero-order valence-corrected chi connectivity index (χ0v) is 12.7. The Kier molecular flexibility index (Phi) is 6.19. The Labute approximate surface area is 115 Å². The van der Waals surface area contributed by atoms with Gasteiger partial charge in [-0.05, 0) is 44.0 Å². The van der Waals surface area contributed by atoms with Gasteiger partial charge in [-0.1, -0.05) is 26.0 Å². The molecule has 1 rings (SSSR count). The van der Waals surface area contributed by atoms with Gasteiger partial charge in [-0.15, -0.1) is 11.8 Å². The van der Waals surface area contributed by atoms with Crippen LogP contribution >= 0.6 is 11.8 Å². The summed E-state index contributed by atoms with van der Waals surface area (Å²) in [5, 5.41) is 13.1. The summed E-state index contributed by atoms with van der Waals surface area (Å²) in [6.45, 7) is 10.1. The molecule has 2 nitrogen and oxygen atoms in total. The van der Waals surface area contributed by atoms with E-state index in [-0.39, 0.29) is 0 Å². The van der Waals surface area contributed by atoms with E-state index in [9.17, 15) is 5.11 Å². The molecule has 2 N–H and O–H groups in total. The summed E-state index contributed by atoms with van der Waals surface area (Å²) in [4.78, 5) is 1.21. The topological polar surface area (TPSA) is 32.3 Å². The number of rotatable bonds is 7. The molecular weight excluding hydrogens is 242 g/mol. The minimum absolute atomic E-state index is 0.609. The van der Waals surface area contributed by atoms with Crippen LogP contribution < -0.4 is 5.32 Å². The molecule has 18 heavy (non-hydrogen) atoms. The Hall–Kier alpha value is -0.510. The number of benzene rings is 1. The molecule has 0 spiro atoms. The molecule has 1 aromatic carbocycles. The van der Waals surface area contributed by atoms with Crippen LogP contribution in [0.3, 0.4) is 0 Å². The summed E-state index contributed by atoms with van der Waals surface area (Å²) in [5.74, 6) is 1.41. The molecule has 0 aromatic heterocycles. The maximum Gasteiger partial charge on any atom is 0.0685 e. The average molecular weight is 267 g/mol. The Morgan fingerprint density at radius 1 is 1.22 bits per heavy atom. The van der Waals surface area contributed by atoms with E-state index >= 15 is 0 Å². The second-order valence-electron chi connectivity index (χ2n) is 5.77. The van der Waals surface area contributed by atoms with Gasteiger partial charge in [0.05, 0.1) is 5.60 Å². The smallest absolute Gasteiger partial charge is 0.0685 e. The van der Waals surface area contributed by atoms with Crippen LogP contribution in [-0.4, -0.2) is 23.0 Å². The molecule has 0 radical (unpaired) electrons. The first-order valence-electron chi connectivity index (χ1n) is 6.51. The maximum absolute atomic E-state index is 9.67. The quantitative estimate of drug-likeness (QED) is 0.744. The zero-order chi connectivity index (χ0) is 13.6. The van der Waals surface area contributed by atoms with Crippen LogP contribution in [-0.2, 0) is 6.54 Å². The first-order chi connectivity index (χ1) is 8.37. The molecule has 0 unspecified atom stereocenters. The molecule has 0 heterocycles. The third-order valence-electron chi connectivity index (χ3n) is 2.40. The van der Waals surface area contributed by atoms with E-state index in [1.165, 1.54) is 10.5 Å². The molecule has 0 saturated heterocycles. The SMILES string of the molecule is CC(C)CNCc1ccc(SCC(C)(C)O)cc1. The normalized spacial score (nSPS) is 12.1. The first-order valence-corrected chi connectivity index (χ1v) is 7.50. The molecule has 102 valence electrons. The van der Waals surface area contributed by atoms with E-state index in [2.05, 4.69) is 43.4 Å². The lowest BCUT2D eigenvalue weighted by Crippen LogP contribution is -2.21. The standard InChI is InChI=1S/C15H25NOS/c1-12(2)9-16-10-13-5-7-14(8-6-13)18-11-15(3,4)17/h5-8,12,16-17H,9-11H2,1-4H3. The molecule has 0 bridgehead atoms. The number of aliphatic hydroxyl groups is 1. The van der Waals surface area contributed by atoms with E-state index in [0.717, 1.165) is 18.8 Å².